The summed E-state index contributed by atoms with van der Waals surface area (Å²) >= 11 is 5.85. The monoisotopic (exact) mass is 1350 g/mol. The van der Waals surface area contributed by atoms with Gasteiger partial charge in [-0.15, -0.1) is 0 Å². The SMILES string of the molecule is CCCN1CCN(C)CC1.CCN1CCN(C)CC1.CN1CCN(C)CC1.CN1CCN(Cc2ccc(Cl)cc2)CC1.CN1CCN(Cc2ccc([N+](=O)[O-])cc2)CC1.CN1CCN(Cc2ccccc2)CC1.CN1CCNCC1.COc1ccc(CN2CCN(C)CC2)cc1. The van der Waals surface area contributed by atoms with Crippen molar-refractivity contribution in [3.05, 3.63) is 141 Å². The molecule has 0 atom stereocenters. The highest BCUT2D eigenvalue weighted by Crippen LogP contribution is 2.17. The van der Waals surface area contributed by atoms with Gasteiger partial charge in [-0.1, -0.05) is 92.2 Å². The van der Waals surface area contributed by atoms with E-state index in [9.17, 15) is 10.1 Å². The quantitative estimate of drug-likeness (QED) is 0.115. The van der Waals surface area contributed by atoms with Crippen LogP contribution in [0.25, 0.3) is 0 Å². The number of hydrogen-bond acceptors (Lipinski definition) is 19. The van der Waals surface area contributed by atoms with Crippen LogP contribution in [-0.4, -0.2) is 371 Å². The van der Waals surface area contributed by atoms with Gasteiger partial charge in [-0.05, 0) is 129 Å². The van der Waals surface area contributed by atoms with Gasteiger partial charge in [-0.25, -0.2) is 0 Å². The Kier molecular flexibility index (Phi) is 41.6. The minimum absolute atomic E-state index is 0.159. The molecule has 0 aromatic heterocycles. The summed E-state index contributed by atoms with van der Waals surface area (Å²) in [4.78, 5) is 46.4. The maximum Gasteiger partial charge on any atom is 0.269 e. The van der Waals surface area contributed by atoms with Gasteiger partial charge in [0, 0.05) is 253 Å². The Morgan fingerprint density at radius 1 is 0.365 bits per heavy atom. The van der Waals surface area contributed by atoms with Crippen molar-refractivity contribution in [3.8, 4) is 5.75 Å². The lowest BCUT2D eigenvalue weighted by Crippen LogP contribution is -2.44. The van der Waals surface area contributed by atoms with E-state index in [1.165, 1.54) is 206 Å². The van der Waals surface area contributed by atoms with Crippen molar-refractivity contribution in [1.29, 1.82) is 0 Å². The third kappa shape index (κ3) is 36.7. The van der Waals surface area contributed by atoms with Crippen LogP contribution in [0.1, 0.15) is 42.5 Å². The second-order valence-electron chi connectivity index (χ2n) is 27.7. The molecule has 8 aliphatic heterocycles. The Balaban J connectivity index is 0.000000202. The highest BCUT2D eigenvalue weighted by Gasteiger charge is 2.19. The predicted octanol–water partition coefficient (Wildman–Crippen LogP) is 6.59. The van der Waals surface area contributed by atoms with Crippen molar-refractivity contribution in [2.75, 3.05) is 293 Å². The molecule has 0 radical (unpaired) electrons. The standard InChI is InChI=1S/C13H20N2O.C12H17ClN2.C12H17N3O2.C12H18N2.C8H18N2.C7H16N2.C6H14N2.C5H12N2/c1-14-7-9-15(10-8-14)11-12-3-5-13(16-2)6-4-12;1-14-6-8-15(9-7-14)10-11-2-4-12(13)5-3-11;1-13-6-8-14(9-7-13)10-11-2-4-12(5-3-11)15(16)17;1-13-7-9-14(10-8-13)11-12-5-3-2-4-6-12;1-3-4-10-7-5-9(2)6-8-10;1-3-9-6-4-8(2)5-7-9;1-7-3-5-8(2)6-4-7;1-7-4-2-6-3-5-7/h3-6H,7-11H2,1-2H3;2-5H,6-10H2,1H3;2-5H,6-10H2,1H3;2-6H,7-11H2,1H3;3-8H2,1-2H3;3-7H2,1-2H3;3-6H2,1-2H3;6H,2-5H2,1H3. The van der Waals surface area contributed by atoms with Crippen LogP contribution in [0.3, 0.4) is 0 Å². The van der Waals surface area contributed by atoms with Crippen molar-refractivity contribution >= 4 is 17.3 Å². The molecule has 4 aromatic carbocycles. The molecule has 0 saturated carbocycles. The molecule has 8 saturated heterocycles. The molecule has 20 nitrogen and oxygen atoms in total. The van der Waals surface area contributed by atoms with Crippen LogP contribution in [0.15, 0.2) is 103 Å². The first-order chi connectivity index (χ1) is 46.3. The summed E-state index contributed by atoms with van der Waals surface area (Å²) < 4.78 is 5.15. The second kappa shape index (κ2) is 48.5. The number of hydrogen-bond donors (Lipinski definition) is 1. The summed E-state index contributed by atoms with van der Waals surface area (Å²) in [6, 6.07) is 34.1. The fourth-order valence-corrected chi connectivity index (χ4v) is 12.0. The van der Waals surface area contributed by atoms with Gasteiger partial charge in [0.15, 0.2) is 0 Å². The molecule has 0 bridgehead atoms. The molecule has 0 unspecified atom stereocenters. The number of nitrogens with zero attached hydrogens (tertiary/aromatic N) is 16. The maximum atomic E-state index is 10.5. The van der Waals surface area contributed by atoms with Crippen molar-refractivity contribution in [2.45, 2.75) is 46.4 Å². The smallest absolute Gasteiger partial charge is 0.269 e. The number of methoxy groups -OCH3 is 1. The minimum Gasteiger partial charge on any atom is -0.497 e. The molecule has 96 heavy (non-hydrogen) atoms. The molecule has 12 rings (SSSR count). The highest BCUT2D eigenvalue weighted by molar-refractivity contribution is 6.30. The third-order valence-electron chi connectivity index (χ3n) is 19.3. The van der Waals surface area contributed by atoms with Crippen molar-refractivity contribution in [1.82, 2.24) is 78.8 Å². The molecule has 21 heteroatoms. The summed E-state index contributed by atoms with van der Waals surface area (Å²) in [5.41, 5.74) is 5.44. The first-order valence-corrected chi connectivity index (χ1v) is 36.6. The van der Waals surface area contributed by atoms with E-state index in [0.717, 1.165) is 81.8 Å². The number of nitro benzene ring substituents is 1. The Morgan fingerprint density at radius 3 is 0.917 bits per heavy atom. The maximum absolute atomic E-state index is 10.5. The van der Waals surface area contributed by atoms with Gasteiger partial charge in [0.2, 0.25) is 0 Å². The number of ether oxygens (including phenoxy) is 1. The van der Waals surface area contributed by atoms with Crippen molar-refractivity contribution < 1.29 is 9.66 Å². The summed E-state index contributed by atoms with van der Waals surface area (Å²) in [5, 5.41) is 14.6. The zero-order valence-electron chi connectivity index (χ0n) is 62.2. The fraction of sp³-hybridized carbons (Fsp3) is 0.680. The van der Waals surface area contributed by atoms with Crippen LogP contribution < -0.4 is 10.1 Å². The lowest BCUT2D eigenvalue weighted by atomic mass is 10.2. The van der Waals surface area contributed by atoms with E-state index >= 15 is 0 Å². The number of likely N-dealkylation sites (N-methyl/N-ethyl adjacent to an activating group) is 10. The average molecular weight is 1360 g/mol. The van der Waals surface area contributed by atoms with Crippen LogP contribution in [-0.2, 0) is 26.2 Å². The summed E-state index contributed by atoms with van der Waals surface area (Å²) in [7, 11) is 21.3. The molecule has 8 aliphatic rings. The Morgan fingerprint density at radius 2 is 0.635 bits per heavy atom. The predicted molar refractivity (Wildman–Crippen MR) is 404 cm³/mol. The molecule has 1 N–H and O–H groups in total. The Hall–Kier alpha value is -4.27. The van der Waals surface area contributed by atoms with E-state index in [2.05, 4.69) is 211 Å². The molecule has 8 fully saturated rings. The second-order valence-corrected chi connectivity index (χ2v) is 28.2. The molecule has 542 valence electrons. The normalized spacial score (nSPS) is 21.0. The number of halogens is 1. The lowest BCUT2D eigenvalue weighted by molar-refractivity contribution is -0.384. The molecule has 4 aromatic rings. The molecule has 8 heterocycles. The minimum atomic E-state index is -0.361. The van der Waals surface area contributed by atoms with E-state index in [4.69, 9.17) is 16.3 Å². The van der Waals surface area contributed by atoms with Gasteiger partial charge in [-0.3, -0.25) is 29.7 Å². The molecule has 0 aliphatic carbocycles. The lowest BCUT2D eigenvalue weighted by Gasteiger charge is -2.32. The van der Waals surface area contributed by atoms with E-state index in [-0.39, 0.29) is 10.6 Å². The molecule has 0 amide bonds. The van der Waals surface area contributed by atoms with Gasteiger partial charge < -0.3 is 64.0 Å². The summed E-state index contributed by atoms with van der Waals surface area (Å²) in [6.45, 7) is 49.3. The number of non-ortho nitro benzene ring substituents is 1. The molecular formula is C75H132ClN17O3. The van der Waals surface area contributed by atoms with Crippen LogP contribution in [0, 0.1) is 10.1 Å². The topological polar surface area (TPSA) is 113 Å². The molecule has 0 spiro atoms. The van der Waals surface area contributed by atoms with Crippen molar-refractivity contribution in [3.63, 3.8) is 0 Å². The first kappa shape index (κ1) is 82.4. The van der Waals surface area contributed by atoms with Gasteiger partial charge in [0.05, 0.1) is 12.0 Å². The third-order valence-corrected chi connectivity index (χ3v) is 19.6. The van der Waals surface area contributed by atoms with Gasteiger partial charge in [0.1, 0.15) is 5.75 Å². The van der Waals surface area contributed by atoms with Gasteiger partial charge in [0.25, 0.3) is 5.69 Å². The van der Waals surface area contributed by atoms with E-state index < -0.39 is 0 Å². The largest absolute Gasteiger partial charge is 0.497 e. The van der Waals surface area contributed by atoms with Crippen LogP contribution in [0.4, 0.5) is 5.69 Å². The van der Waals surface area contributed by atoms with Crippen molar-refractivity contribution in [2.24, 2.45) is 0 Å². The Bertz CT molecular complexity index is 2510. The highest BCUT2D eigenvalue weighted by atomic mass is 35.5. The first-order valence-electron chi connectivity index (χ1n) is 36.2. The fourth-order valence-electron chi connectivity index (χ4n) is 11.9. The number of piperazine rings is 8. The number of rotatable bonds is 13. The number of benzene rings is 4. The number of nitrogens with one attached hydrogen (secondary N) is 1. The Labute approximate surface area is 588 Å². The van der Waals surface area contributed by atoms with Gasteiger partial charge >= 0.3 is 0 Å². The zero-order valence-corrected chi connectivity index (χ0v) is 62.9. The van der Waals surface area contributed by atoms with E-state index in [1.807, 2.05) is 36.4 Å². The van der Waals surface area contributed by atoms with Crippen LogP contribution in [0.2, 0.25) is 5.02 Å². The van der Waals surface area contributed by atoms with Crippen LogP contribution >= 0.6 is 11.6 Å². The van der Waals surface area contributed by atoms with E-state index in [0.29, 0.717) is 0 Å². The molecular weight excluding hydrogens is 1220 g/mol. The van der Waals surface area contributed by atoms with E-state index in [1.54, 1.807) is 19.2 Å². The number of nitro groups is 1. The summed E-state index contributed by atoms with van der Waals surface area (Å²) in [5.74, 6) is 0.933. The zero-order chi connectivity index (χ0) is 69.3. The van der Waals surface area contributed by atoms with Gasteiger partial charge in [-0.2, -0.15) is 0 Å². The van der Waals surface area contributed by atoms with Crippen LogP contribution in [0.5, 0.6) is 5.75 Å². The average Bonchev–Trinajstić information content (AvgIpc) is 2.06. The summed E-state index contributed by atoms with van der Waals surface area (Å²) in [6.07, 6.45) is 1.30.